The molecule has 0 unspecified atom stereocenters. The number of nitrogens with one attached hydrogen (secondary N) is 1. The maximum Gasteiger partial charge on any atom is 0.277 e. The molecule has 2 aromatic heterocycles. The molecule has 2 heterocycles. The summed E-state index contributed by atoms with van der Waals surface area (Å²) < 4.78 is 6.60. The Balaban J connectivity index is 2.71. The largest absolute Gasteiger partial charge is 0.464 e. The zero-order chi connectivity index (χ0) is 9.42. The molecule has 0 spiro atoms. The highest BCUT2D eigenvalue weighted by Gasteiger charge is 2.12. The van der Waals surface area contributed by atoms with Crippen LogP contribution in [0.4, 0.5) is 0 Å². The number of aromatic amines is 1. The standard InChI is InChI=1S/C9H10N2O2/c1-6-8(7-4-3-5-13-7)9(12)11(2)10-6/h3-5,10H,1-2H3. The lowest BCUT2D eigenvalue weighted by Gasteiger charge is -1.89. The smallest absolute Gasteiger partial charge is 0.277 e. The van der Waals surface area contributed by atoms with Gasteiger partial charge in [0.2, 0.25) is 0 Å². The van der Waals surface area contributed by atoms with Gasteiger partial charge in [0.05, 0.1) is 6.26 Å². The number of hydrogen-bond donors (Lipinski definition) is 1. The quantitative estimate of drug-likeness (QED) is 0.715. The Kier molecular flexibility index (Phi) is 1.62. The third-order valence-electron chi connectivity index (χ3n) is 2.00. The van der Waals surface area contributed by atoms with Crippen LogP contribution >= 0.6 is 0 Å². The lowest BCUT2D eigenvalue weighted by Crippen LogP contribution is -2.12. The number of nitrogens with zero attached hydrogens (tertiary/aromatic N) is 1. The van der Waals surface area contributed by atoms with Crippen molar-refractivity contribution >= 4 is 0 Å². The molecule has 0 fully saturated rings. The van der Waals surface area contributed by atoms with E-state index in [0.717, 1.165) is 5.69 Å². The third kappa shape index (κ3) is 1.11. The summed E-state index contributed by atoms with van der Waals surface area (Å²) in [5.41, 5.74) is 1.36. The second-order valence-corrected chi connectivity index (χ2v) is 2.95. The number of hydrogen-bond acceptors (Lipinski definition) is 2. The van der Waals surface area contributed by atoms with E-state index in [4.69, 9.17) is 4.42 Å². The topological polar surface area (TPSA) is 50.9 Å². The number of furan rings is 1. The molecule has 0 saturated heterocycles. The predicted octanol–water partition coefficient (Wildman–Crippen LogP) is 1.28. The highest BCUT2D eigenvalue weighted by atomic mass is 16.3. The van der Waals surface area contributed by atoms with Gasteiger partial charge >= 0.3 is 0 Å². The summed E-state index contributed by atoms with van der Waals surface area (Å²) in [5.74, 6) is 0.611. The van der Waals surface area contributed by atoms with E-state index in [9.17, 15) is 4.79 Å². The van der Waals surface area contributed by atoms with Crippen molar-refractivity contribution in [2.45, 2.75) is 6.92 Å². The van der Waals surface area contributed by atoms with Gasteiger partial charge in [0.15, 0.2) is 0 Å². The average molecular weight is 178 g/mol. The molecular weight excluding hydrogens is 168 g/mol. The molecule has 0 aliphatic rings. The molecule has 4 heteroatoms. The van der Waals surface area contributed by atoms with Crippen molar-refractivity contribution in [2.24, 2.45) is 7.05 Å². The maximum atomic E-state index is 11.6. The van der Waals surface area contributed by atoms with Crippen LogP contribution in [0.25, 0.3) is 11.3 Å². The molecule has 1 N–H and O–H groups in total. The summed E-state index contributed by atoms with van der Waals surface area (Å²) in [4.78, 5) is 11.6. The minimum atomic E-state index is -0.0625. The van der Waals surface area contributed by atoms with E-state index in [-0.39, 0.29) is 5.56 Å². The summed E-state index contributed by atoms with van der Waals surface area (Å²) in [7, 11) is 1.68. The second kappa shape index (κ2) is 2.65. The van der Waals surface area contributed by atoms with Crippen LogP contribution < -0.4 is 5.56 Å². The summed E-state index contributed by atoms with van der Waals surface area (Å²) in [6.07, 6.45) is 1.56. The molecule has 0 amide bonds. The van der Waals surface area contributed by atoms with Gasteiger partial charge in [0, 0.05) is 12.7 Å². The van der Waals surface area contributed by atoms with Gasteiger partial charge in [-0.05, 0) is 19.1 Å². The molecule has 2 aromatic rings. The lowest BCUT2D eigenvalue weighted by atomic mass is 10.2. The highest BCUT2D eigenvalue weighted by molar-refractivity contribution is 5.58. The van der Waals surface area contributed by atoms with Crippen LogP contribution in [0, 0.1) is 6.92 Å². The number of aryl methyl sites for hydroxylation is 2. The van der Waals surface area contributed by atoms with E-state index in [0.29, 0.717) is 11.3 Å². The molecule has 0 radical (unpaired) electrons. The first-order valence-electron chi connectivity index (χ1n) is 3.99. The van der Waals surface area contributed by atoms with E-state index in [1.54, 1.807) is 25.4 Å². The van der Waals surface area contributed by atoms with Crippen molar-refractivity contribution in [3.8, 4) is 11.3 Å². The van der Waals surface area contributed by atoms with Gasteiger partial charge in [-0.25, -0.2) is 0 Å². The van der Waals surface area contributed by atoms with Crippen molar-refractivity contribution in [3.63, 3.8) is 0 Å². The lowest BCUT2D eigenvalue weighted by molar-refractivity contribution is 0.581. The van der Waals surface area contributed by atoms with E-state index in [1.807, 2.05) is 6.92 Å². The molecule has 0 aliphatic carbocycles. The first-order valence-corrected chi connectivity index (χ1v) is 3.99. The van der Waals surface area contributed by atoms with Crippen LogP contribution in [-0.4, -0.2) is 9.78 Å². The Hall–Kier alpha value is -1.71. The Labute approximate surface area is 74.8 Å². The van der Waals surface area contributed by atoms with E-state index < -0.39 is 0 Å². The summed E-state index contributed by atoms with van der Waals surface area (Å²) in [6, 6.07) is 3.54. The summed E-state index contributed by atoms with van der Waals surface area (Å²) >= 11 is 0. The average Bonchev–Trinajstić information content (AvgIpc) is 2.63. The SMILES string of the molecule is Cc1[nH]n(C)c(=O)c1-c1ccco1. The fourth-order valence-electron chi connectivity index (χ4n) is 1.40. The molecular formula is C9H10N2O2. The number of rotatable bonds is 1. The van der Waals surface area contributed by atoms with Gasteiger partial charge in [-0.1, -0.05) is 0 Å². The zero-order valence-electron chi connectivity index (χ0n) is 7.50. The summed E-state index contributed by atoms with van der Waals surface area (Å²) in [6.45, 7) is 1.85. The molecule has 0 aliphatic heterocycles. The number of aromatic nitrogens is 2. The first-order chi connectivity index (χ1) is 6.20. The monoisotopic (exact) mass is 178 g/mol. The van der Waals surface area contributed by atoms with Gasteiger partial charge in [-0.15, -0.1) is 0 Å². The highest BCUT2D eigenvalue weighted by Crippen LogP contribution is 2.18. The number of H-pyrrole nitrogens is 1. The molecule has 0 bridgehead atoms. The van der Waals surface area contributed by atoms with Crippen molar-refractivity contribution in [3.05, 3.63) is 34.4 Å². The van der Waals surface area contributed by atoms with Crippen molar-refractivity contribution in [1.82, 2.24) is 9.78 Å². The molecule has 2 rings (SSSR count). The Morgan fingerprint density at radius 1 is 1.54 bits per heavy atom. The minimum absolute atomic E-state index is 0.0625. The molecule has 4 nitrogen and oxygen atoms in total. The van der Waals surface area contributed by atoms with Gasteiger partial charge in [-0.3, -0.25) is 14.6 Å². The zero-order valence-corrected chi connectivity index (χ0v) is 7.50. The summed E-state index contributed by atoms with van der Waals surface area (Å²) in [5, 5.41) is 2.91. The van der Waals surface area contributed by atoms with Gasteiger partial charge in [-0.2, -0.15) is 0 Å². The first kappa shape index (κ1) is 7.91. The van der Waals surface area contributed by atoms with Crippen molar-refractivity contribution < 1.29 is 4.42 Å². The molecule has 0 saturated carbocycles. The Bertz CT molecular complexity index is 462. The molecule has 0 atom stereocenters. The Morgan fingerprint density at radius 2 is 2.31 bits per heavy atom. The molecule has 0 aromatic carbocycles. The van der Waals surface area contributed by atoms with Crippen LogP contribution in [0.2, 0.25) is 0 Å². The van der Waals surface area contributed by atoms with Crippen LogP contribution in [0.1, 0.15) is 5.69 Å². The molecule has 13 heavy (non-hydrogen) atoms. The van der Waals surface area contributed by atoms with Crippen molar-refractivity contribution in [2.75, 3.05) is 0 Å². The normalized spacial score (nSPS) is 10.6. The van der Waals surface area contributed by atoms with Crippen molar-refractivity contribution in [1.29, 1.82) is 0 Å². The fraction of sp³-hybridized carbons (Fsp3) is 0.222. The third-order valence-corrected chi connectivity index (χ3v) is 2.00. The van der Waals surface area contributed by atoms with Gasteiger partial charge < -0.3 is 4.42 Å². The second-order valence-electron chi connectivity index (χ2n) is 2.95. The fourth-order valence-corrected chi connectivity index (χ4v) is 1.40. The van der Waals surface area contributed by atoms with E-state index in [1.165, 1.54) is 4.68 Å². The minimum Gasteiger partial charge on any atom is -0.464 e. The van der Waals surface area contributed by atoms with E-state index >= 15 is 0 Å². The van der Waals surface area contributed by atoms with Crippen LogP contribution in [0.5, 0.6) is 0 Å². The molecule has 68 valence electrons. The van der Waals surface area contributed by atoms with Crippen LogP contribution in [-0.2, 0) is 7.05 Å². The maximum absolute atomic E-state index is 11.6. The van der Waals surface area contributed by atoms with Gasteiger partial charge in [0.25, 0.3) is 5.56 Å². The Morgan fingerprint density at radius 3 is 2.77 bits per heavy atom. The predicted molar refractivity (Wildman–Crippen MR) is 48.5 cm³/mol. The van der Waals surface area contributed by atoms with E-state index in [2.05, 4.69) is 5.10 Å². The van der Waals surface area contributed by atoms with Crippen LogP contribution in [0.3, 0.4) is 0 Å². The van der Waals surface area contributed by atoms with Gasteiger partial charge in [0.1, 0.15) is 11.3 Å². The van der Waals surface area contributed by atoms with Crippen LogP contribution in [0.15, 0.2) is 27.6 Å².